The summed E-state index contributed by atoms with van der Waals surface area (Å²) in [6.07, 6.45) is 0. The van der Waals surface area contributed by atoms with Crippen molar-refractivity contribution < 1.29 is 24.0 Å². The van der Waals surface area contributed by atoms with Crippen LogP contribution in [-0.4, -0.2) is 39.9 Å². The minimum absolute atomic E-state index is 0.416. The summed E-state index contributed by atoms with van der Waals surface area (Å²) in [5.74, 6) is -3.16. The van der Waals surface area contributed by atoms with Crippen molar-refractivity contribution in [2.75, 3.05) is 7.05 Å². The van der Waals surface area contributed by atoms with Crippen molar-refractivity contribution in [3.05, 3.63) is 39.7 Å². The van der Waals surface area contributed by atoms with Crippen LogP contribution in [0.5, 0.6) is 0 Å². The number of carbonyl (C=O) groups is 2. The van der Waals surface area contributed by atoms with Gasteiger partial charge in [-0.1, -0.05) is 0 Å². The lowest BCUT2D eigenvalue weighted by Gasteiger charge is -2.21. The molecule has 0 bridgehead atoms. The molecule has 1 atom stereocenters. The first-order valence-electron chi connectivity index (χ1n) is 5.19. The molecule has 1 aromatic rings. The van der Waals surface area contributed by atoms with Crippen LogP contribution in [0.2, 0.25) is 0 Å². The maximum absolute atomic E-state index is 13.6. The maximum Gasteiger partial charge on any atom is 0.326 e. The first kappa shape index (κ1) is 14.6. The van der Waals surface area contributed by atoms with E-state index in [1.54, 1.807) is 0 Å². The number of nitro groups is 1. The number of aliphatic carboxylic acids is 1. The van der Waals surface area contributed by atoms with Crippen LogP contribution in [0.4, 0.5) is 10.1 Å². The Kier molecular flexibility index (Phi) is 4.15. The molecule has 0 aromatic heterocycles. The number of hydrogen-bond acceptors (Lipinski definition) is 4. The average molecular weight is 270 g/mol. The van der Waals surface area contributed by atoms with E-state index in [-0.39, 0.29) is 0 Å². The molecule has 0 aliphatic rings. The Morgan fingerprint density at radius 3 is 2.47 bits per heavy atom. The fourth-order valence-corrected chi connectivity index (χ4v) is 1.32. The largest absolute Gasteiger partial charge is 0.480 e. The molecule has 0 aliphatic carbocycles. The van der Waals surface area contributed by atoms with Crippen molar-refractivity contribution >= 4 is 17.6 Å². The first-order valence-corrected chi connectivity index (χ1v) is 5.19. The van der Waals surface area contributed by atoms with Crippen LogP contribution < -0.4 is 0 Å². The SMILES string of the molecule is C[C@@H](C(=O)O)N(C)C(=O)c1ccc([N+](=O)[O-])cc1F. The van der Waals surface area contributed by atoms with Crippen LogP contribution in [0.15, 0.2) is 18.2 Å². The standard InChI is InChI=1S/C11H11FN2O5/c1-6(11(16)17)13(2)10(15)8-4-3-7(14(18)19)5-9(8)12/h3-6H,1-2H3,(H,16,17)/t6-/m0/s1. The van der Waals surface area contributed by atoms with E-state index < -0.39 is 39.9 Å². The predicted molar refractivity (Wildman–Crippen MR) is 62.2 cm³/mol. The van der Waals surface area contributed by atoms with E-state index in [0.717, 1.165) is 17.0 Å². The summed E-state index contributed by atoms with van der Waals surface area (Å²) in [6.45, 7) is 1.27. The van der Waals surface area contributed by atoms with Gasteiger partial charge in [0, 0.05) is 13.1 Å². The van der Waals surface area contributed by atoms with Crippen molar-refractivity contribution in [2.45, 2.75) is 13.0 Å². The molecule has 0 saturated carbocycles. The van der Waals surface area contributed by atoms with Gasteiger partial charge in [0.15, 0.2) is 0 Å². The molecule has 0 heterocycles. The number of rotatable bonds is 4. The molecule has 19 heavy (non-hydrogen) atoms. The molecule has 1 N–H and O–H groups in total. The minimum Gasteiger partial charge on any atom is -0.480 e. The number of carbonyl (C=O) groups excluding carboxylic acids is 1. The number of halogens is 1. The zero-order valence-corrected chi connectivity index (χ0v) is 10.2. The van der Waals surface area contributed by atoms with Crippen molar-refractivity contribution in [1.29, 1.82) is 0 Å². The highest BCUT2D eigenvalue weighted by Gasteiger charge is 2.25. The Morgan fingerprint density at radius 1 is 1.47 bits per heavy atom. The Morgan fingerprint density at radius 2 is 2.05 bits per heavy atom. The van der Waals surface area contributed by atoms with Gasteiger partial charge in [0.2, 0.25) is 0 Å². The summed E-state index contributed by atoms with van der Waals surface area (Å²) in [5.41, 5.74) is -0.899. The zero-order chi connectivity index (χ0) is 14.7. The highest BCUT2D eigenvalue weighted by atomic mass is 19.1. The molecule has 0 saturated heterocycles. The third-order valence-electron chi connectivity index (χ3n) is 2.65. The monoisotopic (exact) mass is 270 g/mol. The molecule has 0 fully saturated rings. The molecular weight excluding hydrogens is 259 g/mol. The van der Waals surface area contributed by atoms with Crippen LogP contribution in [0.3, 0.4) is 0 Å². The van der Waals surface area contributed by atoms with E-state index in [9.17, 15) is 24.1 Å². The zero-order valence-electron chi connectivity index (χ0n) is 10.2. The van der Waals surface area contributed by atoms with Crippen molar-refractivity contribution in [1.82, 2.24) is 4.90 Å². The number of likely N-dealkylation sites (N-methyl/N-ethyl adjacent to an activating group) is 1. The van der Waals surface area contributed by atoms with Crippen LogP contribution in [0, 0.1) is 15.9 Å². The van der Waals surface area contributed by atoms with Gasteiger partial charge in [-0.05, 0) is 13.0 Å². The smallest absolute Gasteiger partial charge is 0.326 e. The molecule has 1 rings (SSSR count). The van der Waals surface area contributed by atoms with E-state index in [1.165, 1.54) is 14.0 Å². The number of carboxylic acid groups (broad SMARTS) is 1. The highest BCUT2D eigenvalue weighted by Crippen LogP contribution is 2.18. The van der Waals surface area contributed by atoms with Crippen molar-refractivity contribution in [2.24, 2.45) is 0 Å². The lowest BCUT2D eigenvalue weighted by Crippen LogP contribution is -2.40. The van der Waals surface area contributed by atoms with Crippen molar-refractivity contribution in [3.8, 4) is 0 Å². The van der Waals surface area contributed by atoms with Gasteiger partial charge < -0.3 is 10.0 Å². The van der Waals surface area contributed by atoms with E-state index in [0.29, 0.717) is 6.07 Å². The number of nitrogens with zero attached hydrogens (tertiary/aromatic N) is 2. The summed E-state index contributed by atoms with van der Waals surface area (Å²) in [6, 6.07) is 1.42. The van der Waals surface area contributed by atoms with Gasteiger partial charge in [0.1, 0.15) is 11.9 Å². The molecule has 102 valence electrons. The van der Waals surface area contributed by atoms with E-state index in [4.69, 9.17) is 5.11 Å². The number of benzene rings is 1. The normalized spacial score (nSPS) is 11.7. The molecule has 0 aliphatic heterocycles. The Bertz CT molecular complexity index is 546. The summed E-state index contributed by atoms with van der Waals surface area (Å²) >= 11 is 0. The van der Waals surface area contributed by atoms with Crippen LogP contribution in [0.1, 0.15) is 17.3 Å². The molecule has 1 aromatic carbocycles. The molecule has 0 radical (unpaired) electrons. The Balaban J connectivity index is 3.07. The third kappa shape index (κ3) is 3.03. The fraction of sp³-hybridized carbons (Fsp3) is 0.273. The number of amides is 1. The number of nitro benzene ring substituents is 1. The van der Waals surface area contributed by atoms with Gasteiger partial charge in [0.05, 0.1) is 16.6 Å². The van der Waals surface area contributed by atoms with Gasteiger partial charge in [0.25, 0.3) is 11.6 Å². The van der Waals surface area contributed by atoms with Crippen LogP contribution in [0.25, 0.3) is 0 Å². The fourth-order valence-electron chi connectivity index (χ4n) is 1.32. The van der Waals surface area contributed by atoms with Gasteiger partial charge in [-0.25, -0.2) is 9.18 Å². The minimum atomic E-state index is -1.24. The second-order valence-electron chi connectivity index (χ2n) is 3.85. The predicted octanol–water partition coefficient (Wildman–Crippen LogP) is 1.28. The number of non-ortho nitro benzene ring substituents is 1. The van der Waals surface area contributed by atoms with Gasteiger partial charge in [-0.15, -0.1) is 0 Å². The molecule has 7 nitrogen and oxygen atoms in total. The summed E-state index contributed by atoms with van der Waals surface area (Å²) in [4.78, 5) is 33.1. The molecule has 0 spiro atoms. The molecular formula is C11H11FN2O5. The number of hydrogen-bond donors (Lipinski definition) is 1. The molecule has 1 amide bonds. The average Bonchev–Trinajstić information content (AvgIpc) is 2.35. The Hall–Kier alpha value is -2.51. The molecule has 0 unspecified atom stereocenters. The van der Waals surface area contributed by atoms with E-state index in [2.05, 4.69) is 0 Å². The van der Waals surface area contributed by atoms with Gasteiger partial charge in [-0.2, -0.15) is 0 Å². The first-order chi connectivity index (χ1) is 8.75. The summed E-state index contributed by atoms with van der Waals surface area (Å²) in [5, 5.41) is 19.2. The highest BCUT2D eigenvalue weighted by molar-refractivity contribution is 5.96. The summed E-state index contributed by atoms with van der Waals surface area (Å²) < 4.78 is 13.6. The van der Waals surface area contributed by atoms with Crippen LogP contribution in [-0.2, 0) is 4.79 Å². The topological polar surface area (TPSA) is 101 Å². The lowest BCUT2D eigenvalue weighted by atomic mass is 10.1. The van der Waals surface area contributed by atoms with Crippen LogP contribution >= 0.6 is 0 Å². The van der Waals surface area contributed by atoms with Crippen molar-refractivity contribution in [3.63, 3.8) is 0 Å². The quantitative estimate of drug-likeness (QED) is 0.656. The molecule has 8 heteroatoms. The second-order valence-corrected chi connectivity index (χ2v) is 3.85. The van der Waals surface area contributed by atoms with E-state index in [1.807, 2.05) is 0 Å². The lowest BCUT2D eigenvalue weighted by molar-refractivity contribution is -0.385. The maximum atomic E-state index is 13.6. The second kappa shape index (κ2) is 5.42. The Labute approximate surface area is 107 Å². The third-order valence-corrected chi connectivity index (χ3v) is 2.65. The summed E-state index contributed by atoms with van der Waals surface area (Å²) in [7, 11) is 1.21. The van der Waals surface area contributed by atoms with E-state index >= 15 is 0 Å². The van der Waals surface area contributed by atoms with Gasteiger partial charge >= 0.3 is 5.97 Å². The number of carboxylic acids is 1. The van der Waals surface area contributed by atoms with Gasteiger partial charge in [-0.3, -0.25) is 14.9 Å².